The van der Waals surface area contributed by atoms with Crippen LogP contribution in [0.25, 0.3) is 5.69 Å². The average Bonchev–Trinajstić information content (AvgIpc) is 3.08. The van der Waals surface area contributed by atoms with E-state index in [4.69, 9.17) is 5.26 Å². The van der Waals surface area contributed by atoms with Crippen molar-refractivity contribution in [1.29, 1.82) is 5.26 Å². The number of nitrogens with one attached hydrogen (secondary N) is 1. The second-order valence-corrected chi connectivity index (χ2v) is 7.22. The van der Waals surface area contributed by atoms with E-state index in [-0.39, 0.29) is 23.8 Å². The van der Waals surface area contributed by atoms with Crippen LogP contribution in [-0.4, -0.2) is 45.6 Å². The number of hydrogen-bond donors (Lipinski definition) is 1. The smallest absolute Gasteiger partial charge is 0.257 e. The van der Waals surface area contributed by atoms with Gasteiger partial charge in [-0.3, -0.25) is 9.59 Å². The van der Waals surface area contributed by atoms with Gasteiger partial charge in [-0.25, -0.2) is 4.68 Å². The third-order valence-corrected chi connectivity index (χ3v) is 5.60. The van der Waals surface area contributed by atoms with E-state index in [0.29, 0.717) is 31.5 Å². The largest absolute Gasteiger partial charge is 0.352 e. The Morgan fingerprint density at radius 1 is 1.33 bits per heavy atom. The molecule has 2 aliphatic rings. The highest BCUT2D eigenvalue weighted by atomic mass is 16.2. The van der Waals surface area contributed by atoms with Gasteiger partial charge in [0, 0.05) is 19.1 Å². The van der Waals surface area contributed by atoms with Gasteiger partial charge in [-0.05, 0) is 37.8 Å². The number of carbonyl (C=O) groups excluding carboxylic acids is 2. The molecule has 27 heavy (non-hydrogen) atoms. The third-order valence-electron chi connectivity index (χ3n) is 5.60. The lowest BCUT2D eigenvalue weighted by Gasteiger charge is -2.42. The van der Waals surface area contributed by atoms with Gasteiger partial charge in [-0.1, -0.05) is 18.2 Å². The first-order valence-electron chi connectivity index (χ1n) is 9.18. The van der Waals surface area contributed by atoms with Gasteiger partial charge in [-0.2, -0.15) is 10.4 Å². The molecule has 2 saturated heterocycles. The maximum absolute atomic E-state index is 13.1. The van der Waals surface area contributed by atoms with E-state index in [2.05, 4.69) is 16.5 Å². The minimum absolute atomic E-state index is 0.0430. The molecule has 2 aliphatic heterocycles. The van der Waals surface area contributed by atoms with Crippen molar-refractivity contribution < 1.29 is 9.59 Å². The summed E-state index contributed by atoms with van der Waals surface area (Å²) in [6, 6.07) is 11.8. The number of likely N-dealkylation sites (tertiary alicyclic amines) is 1. The predicted octanol–water partition coefficient (Wildman–Crippen LogP) is 1.67. The van der Waals surface area contributed by atoms with Crippen LogP contribution >= 0.6 is 0 Å². The van der Waals surface area contributed by atoms with E-state index in [9.17, 15) is 9.59 Å². The van der Waals surface area contributed by atoms with Gasteiger partial charge in [0.05, 0.1) is 29.2 Å². The van der Waals surface area contributed by atoms with E-state index in [1.54, 1.807) is 10.9 Å². The first-order chi connectivity index (χ1) is 13.1. The van der Waals surface area contributed by atoms with Crippen LogP contribution in [0.2, 0.25) is 0 Å². The molecule has 7 nitrogen and oxygen atoms in total. The van der Waals surface area contributed by atoms with Crippen LogP contribution < -0.4 is 5.32 Å². The van der Waals surface area contributed by atoms with E-state index in [1.807, 2.05) is 42.2 Å². The minimum atomic E-state index is -0.621. The van der Waals surface area contributed by atoms with Gasteiger partial charge in [-0.15, -0.1) is 0 Å². The molecule has 3 heterocycles. The van der Waals surface area contributed by atoms with Crippen molar-refractivity contribution in [2.24, 2.45) is 11.8 Å². The molecule has 4 rings (SSSR count). The number of nitrogens with zero attached hydrogens (tertiary/aromatic N) is 4. The van der Waals surface area contributed by atoms with E-state index in [0.717, 1.165) is 11.4 Å². The molecule has 2 amide bonds. The third kappa shape index (κ3) is 3.08. The van der Waals surface area contributed by atoms with Gasteiger partial charge in [0.15, 0.2) is 0 Å². The van der Waals surface area contributed by atoms with E-state index in [1.165, 1.54) is 0 Å². The van der Waals surface area contributed by atoms with Crippen LogP contribution in [0.5, 0.6) is 0 Å². The Morgan fingerprint density at radius 3 is 2.85 bits per heavy atom. The van der Waals surface area contributed by atoms with Crippen LogP contribution in [0.3, 0.4) is 0 Å². The highest BCUT2D eigenvalue weighted by Gasteiger charge is 2.40. The molecule has 138 valence electrons. The fourth-order valence-electron chi connectivity index (χ4n) is 4.07. The molecule has 3 atom stereocenters. The normalized spacial score (nSPS) is 24.7. The molecule has 2 fully saturated rings. The molecule has 1 aromatic heterocycles. The summed E-state index contributed by atoms with van der Waals surface area (Å²) in [5.41, 5.74) is 2.31. The number of piperidine rings is 2. The summed E-state index contributed by atoms with van der Waals surface area (Å²) in [5, 5.41) is 16.5. The molecule has 7 heteroatoms. The number of amides is 2. The lowest BCUT2D eigenvalue weighted by Crippen LogP contribution is -2.57. The van der Waals surface area contributed by atoms with Gasteiger partial charge in [0.1, 0.15) is 5.92 Å². The summed E-state index contributed by atoms with van der Waals surface area (Å²) in [7, 11) is 0. The molecule has 0 saturated carbocycles. The molecular weight excluding hydrogens is 342 g/mol. The van der Waals surface area contributed by atoms with Crippen molar-refractivity contribution in [2.45, 2.75) is 25.8 Å². The number of benzene rings is 1. The summed E-state index contributed by atoms with van der Waals surface area (Å²) >= 11 is 0. The van der Waals surface area contributed by atoms with E-state index >= 15 is 0 Å². The van der Waals surface area contributed by atoms with Crippen LogP contribution in [0, 0.1) is 30.1 Å². The Hall–Kier alpha value is -3.14. The van der Waals surface area contributed by atoms with Crippen molar-refractivity contribution in [2.75, 3.05) is 13.1 Å². The van der Waals surface area contributed by atoms with Crippen LogP contribution in [0.1, 0.15) is 28.9 Å². The maximum Gasteiger partial charge on any atom is 0.257 e. The van der Waals surface area contributed by atoms with Crippen molar-refractivity contribution in [3.8, 4) is 11.8 Å². The fraction of sp³-hybridized carbons (Fsp3) is 0.400. The zero-order chi connectivity index (χ0) is 19.0. The average molecular weight is 363 g/mol. The molecule has 0 aliphatic carbocycles. The Morgan fingerprint density at radius 2 is 2.11 bits per heavy atom. The lowest BCUT2D eigenvalue weighted by molar-refractivity contribution is -0.128. The number of carbonyl (C=O) groups is 2. The molecule has 0 radical (unpaired) electrons. The van der Waals surface area contributed by atoms with Crippen molar-refractivity contribution in [1.82, 2.24) is 20.0 Å². The van der Waals surface area contributed by atoms with Crippen molar-refractivity contribution >= 4 is 11.8 Å². The number of nitriles is 1. The predicted molar refractivity (Wildman–Crippen MR) is 98.0 cm³/mol. The van der Waals surface area contributed by atoms with Gasteiger partial charge in [0.25, 0.3) is 5.91 Å². The number of para-hydroxylation sites is 1. The topological polar surface area (TPSA) is 91.0 Å². The Balaban J connectivity index is 1.52. The first-order valence-corrected chi connectivity index (χ1v) is 9.18. The second kappa shape index (κ2) is 6.88. The summed E-state index contributed by atoms with van der Waals surface area (Å²) in [4.78, 5) is 26.8. The van der Waals surface area contributed by atoms with Crippen LogP contribution in [-0.2, 0) is 4.79 Å². The highest BCUT2D eigenvalue weighted by Crippen LogP contribution is 2.29. The van der Waals surface area contributed by atoms with Crippen molar-refractivity contribution in [3.05, 3.63) is 47.8 Å². The number of rotatable bonds is 2. The van der Waals surface area contributed by atoms with Gasteiger partial charge < -0.3 is 10.2 Å². The maximum atomic E-state index is 13.1. The van der Waals surface area contributed by atoms with Crippen LogP contribution in [0.15, 0.2) is 36.5 Å². The Kier molecular flexibility index (Phi) is 4.40. The number of fused-ring (bicyclic) bond motifs is 1. The molecule has 1 N–H and O–H groups in total. The lowest BCUT2D eigenvalue weighted by atomic mass is 9.80. The Bertz CT molecular complexity index is 914. The molecule has 3 unspecified atom stereocenters. The van der Waals surface area contributed by atoms with Gasteiger partial charge >= 0.3 is 0 Å². The van der Waals surface area contributed by atoms with Crippen molar-refractivity contribution in [3.63, 3.8) is 0 Å². The Labute approximate surface area is 157 Å². The molecule has 1 aromatic carbocycles. The molecule has 0 bridgehead atoms. The highest BCUT2D eigenvalue weighted by molar-refractivity contribution is 5.95. The molecule has 2 aromatic rings. The SMILES string of the molecule is Cc1c(C(=O)N2CCC3NC(=O)C(C#N)CC3C2)cnn1-c1ccccc1. The second-order valence-electron chi connectivity index (χ2n) is 7.22. The summed E-state index contributed by atoms with van der Waals surface area (Å²) < 4.78 is 1.77. The molecular formula is C20H21N5O2. The zero-order valence-corrected chi connectivity index (χ0v) is 15.1. The van der Waals surface area contributed by atoms with E-state index < -0.39 is 5.92 Å². The monoisotopic (exact) mass is 363 g/mol. The summed E-state index contributed by atoms with van der Waals surface area (Å²) in [6.45, 7) is 3.04. The fourth-order valence-corrected chi connectivity index (χ4v) is 4.07. The summed E-state index contributed by atoms with van der Waals surface area (Å²) in [6.07, 6.45) is 2.85. The van der Waals surface area contributed by atoms with Gasteiger partial charge in [0.2, 0.25) is 5.91 Å². The number of hydrogen-bond acceptors (Lipinski definition) is 4. The first kappa shape index (κ1) is 17.3. The number of aromatic nitrogens is 2. The molecule has 0 spiro atoms. The zero-order valence-electron chi connectivity index (χ0n) is 15.1. The summed E-state index contributed by atoms with van der Waals surface area (Å²) in [5.74, 6) is -0.726. The van der Waals surface area contributed by atoms with Crippen LogP contribution in [0.4, 0.5) is 0 Å². The quantitative estimate of drug-likeness (QED) is 0.879. The standard InChI is InChI=1S/C20H21N5O2/c1-13-17(11-22-25(13)16-5-3-2-4-6-16)20(27)24-8-7-18-15(12-24)9-14(10-21)19(26)23-18/h2-6,11,14-15,18H,7-9,12H2,1H3,(H,23,26). The minimum Gasteiger partial charge on any atom is -0.352 e.